The molecule has 4 N–H and O–H groups in total. The number of carboxylic acid groups (broad SMARTS) is 2. The van der Waals surface area contributed by atoms with E-state index in [4.69, 9.17) is 20.1 Å². The molecule has 0 amide bonds. The zero-order chi connectivity index (χ0) is 13.2. The molecule has 0 radical (unpaired) electrons. The second-order valence-corrected chi connectivity index (χ2v) is 5.48. The molecule has 96 valence electrons. The summed E-state index contributed by atoms with van der Waals surface area (Å²) in [5, 5.41) is 33.0. The molecule has 6 nitrogen and oxygen atoms in total. The average Bonchev–Trinajstić information content (AvgIpc) is 2.19. The van der Waals surface area contributed by atoms with Gasteiger partial charge in [-0.1, -0.05) is 13.8 Å². The summed E-state index contributed by atoms with van der Waals surface area (Å²) in [5.41, 5.74) is 0. The van der Waals surface area contributed by atoms with Crippen molar-refractivity contribution in [3.8, 4) is 0 Å². The highest BCUT2D eigenvalue weighted by Crippen LogP contribution is 2.34. The van der Waals surface area contributed by atoms with Crippen LogP contribution in [-0.4, -0.2) is 54.7 Å². The first kappa shape index (κ1) is 17.9. The monoisotopic (exact) mass is 272 g/mol. The minimum Gasteiger partial charge on any atom is -0.480 e. The minimum absolute atomic E-state index is 0.593. The van der Waals surface area contributed by atoms with Crippen molar-refractivity contribution in [1.82, 2.24) is 0 Å². The number of aliphatic hydroxyl groups excluding tert-OH is 1. The number of aliphatic carboxylic acids is 2. The van der Waals surface area contributed by atoms with Crippen molar-refractivity contribution in [2.24, 2.45) is 0 Å². The maximum absolute atomic E-state index is 10.5. The van der Waals surface area contributed by atoms with Crippen LogP contribution in [0, 0.1) is 0 Å². The van der Waals surface area contributed by atoms with Crippen LogP contribution < -0.4 is 0 Å². The largest absolute Gasteiger partial charge is 0.480 e. The molecule has 0 heterocycles. The summed E-state index contributed by atoms with van der Waals surface area (Å²) >= 11 is 2.06. The van der Waals surface area contributed by atoms with Crippen molar-refractivity contribution >= 4 is 35.5 Å². The lowest BCUT2D eigenvalue weighted by Gasteiger charge is -2.19. The molecule has 8 heteroatoms. The van der Waals surface area contributed by atoms with E-state index < -0.39 is 22.8 Å². The van der Waals surface area contributed by atoms with Gasteiger partial charge in [0, 0.05) is 0 Å². The zero-order valence-corrected chi connectivity index (χ0v) is 10.7. The van der Waals surface area contributed by atoms with Crippen LogP contribution >= 0.6 is 23.5 Å². The number of aliphatic hydroxyl groups is 2. The molecule has 0 saturated heterocycles. The van der Waals surface area contributed by atoms with E-state index in [2.05, 4.69) is 0 Å². The summed E-state index contributed by atoms with van der Waals surface area (Å²) < 4.78 is -1.65. The van der Waals surface area contributed by atoms with Gasteiger partial charge in [0.15, 0.2) is 0 Å². The Morgan fingerprint density at radius 3 is 1.56 bits per heavy atom. The van der Waals surface area contributed by atoms with Gasteiger partial charge in [-0.05, 0) is 11.5 Å². The van der Waals surface area contributed by atoms with E-state index in [9.17, 15) is 9.90 Å². The molecule has 0 aromatic heterocycles. The van der Waals surface area contributed by atoms with E-state index in [0.29, 0.717) is 11.5 Å². The number of thioether (sulfide) groups is 2. The molecule has 0 atom stereocenters. The second-order valence-electron chi connectivity index (χ2n) is 2.30. The third kappa shape index (κ3) is 8.84. The molecule has 0 aromatic rings. The molecule has 0 fully saturated rings. The van der Waals surface area contributed by atoms with E-state index in [0.717, 1.165) is 23.5 Å². The van der Waals surface area contributed by atoms with Crippen LogP contribution in [0.1, 0.15) is 13.8 Å². The Bertz CT molecular complexity index is 215. The van der Waals surface area contributed by atoms with Crippen LogP contribution in [0.2, 0.25) is 0 Å². The summed E-state index contributed by atoms with van der Waals surface area (Å²) in [6.45, 7) is 2.85. The Balaban J connectivity index is 0. The van der Waals surface area contributed by atoms with Gasteiger partial charge in [0.25, 0.3) is 4.27 Å². The van der Waals surface area contributed by atoms with Crippen LogP contribution in [0.3, 0.4) is 0 Å². The van der Waals surface area contributed by atoms with Crippen LogP contribution in [-0.2, 0) is 9.59 Å². The average molecular weight is 272 g/mol. The third-order valence-electron chi connectivity index (χ3n) is 1.09. The topological polar surface area (TPSA) is 115 Å². The number of rotatable bonds is 6. The van der Waals surface area contributed by atoms with Gasteiger partial charge in [0.05, 0.1) is 0 Å². The van der Waals surface area contributed by atoms with Gasteiger partial charge >= 0.3 is 11.9 Å². The van der Waals surface area contributed by atoms with Crippen LogP contribution in [0.25, 0.3) is 0 Å². The van der Waals surface area contributed by atoms with Gasteiger partial charge in [0.2, 0.25) is 0 Å². The van der Waals surface area contributed by atoms with Crippen molar-refractivity contribution < 1.29 is 30.0 Å². The normalized spacial score (nSPS) is 10.2. The molecule has 0 saturated carbocycles. The van der Waals surface area contributed by atoms with Crippen LogP contribution in [0.5, 0.6) is 0 Å². The summed E-state index contributed by atoms with van der Waals surface area (Å²) in [6, 6.07) is 0. The molecular weight excluding hydrogens is 256 g/mol. The summed E-state index contributed by atoms with van der Waals surface area (Å²) in [5.74, 6) is -1.17. The van der Waals surface area contributed by atoms with E-state index in [-0.39, 0.29) is 0 Å². The quantitative estimate of drug-likeness (QED) is 0.510. The highest BCUT2D eigenvalue weighted by Gasteiger charge is 2.35. The lowest BCUT2D eigenvalue weighted by Crippen LogP contribution is -2.31. The van der Waals surface area contributed by atoms with E-state index in [1.54, 1.807) is 0 Å². The van der Waals surface area contributed by atoms with E-state index in [1.807, 2.05) is 13.8 Å². The maximum atomic E-state index is 10.5. The Morgan fingerprint density at radius 2 is 1.44 bits per heavy atom. The highest BCUT2D eigenvalue weighted by molar-refractivity contribution is 8.18. The maximum Gasteiger partial charge on any atom is 0.357 e. The van der Waals surface area contributed by atoms with Gasteiger partial charge in [-0.2, -0.15) is 0 Å². The Hall–Kier alpha value is -0.440. The fourth-order valence-electron chi connectivity index (χ4n) is 0.556. The molecule has 0 aliphatic rings. The van der Waals surface area contributed by atoms with Crippen molar-refractivity contribution in [3.63, 3.8) is 0 Å². The van der Waals surface area contributed by atoms with Gasteiger partial charge < -0.3 is 20.4 Å². The van der Waals surface area contributed by atoms with Crippen LogP contribution in [0.4, 0.5) is 0 Å². The fourth-order valence-corrected chi connectivity index (χ4v) is 2.63. The van der Waals surface area contributed by atoms with Crippen molar-refractivity contribution in [2.45, 2.75) is 18.1 Å². The summed E-state index contributed by atoms with van der Waals surface area (Å²) in [4.78, 5) is 19.6. The van der Waals surface area contributed by atoms with Gasteiger partial charge in [-0.25, -0.2) is 9.59 Å². The van der Waals surface area contributed by atoms with Gasteiger partial charge in [0.1, 0.15) is 6.61 Å². The van der Waals surface area contributed by atoms with Gasteiger partial charge in [-0.3, -0.25) is 0 Å². The minimum atomic E-state index is -1.65. The standard InChI is InChI=1S/C6H12O3S2.C2H4O3/c1-3-10-6(9,5(7)8)11-4-2;3-1-2(4)5/h9H,3-4H2,1-2H3,(H,7,8);3H,1H2,(H,4,5). The predicted octanol–water partition coefficient (Wildman–Crippen LogP) is 0.287. The number of carbonyl (C=O) groups is 2. The van der Waals surface area contributed by atoms with Crippen molar-refractivity contribution in [3.05, 3.63) is 0 Å². The Morgan fingerprint density at radius 1 is 1.12 bits per heavy atom. The molecule has 0 aliphatic carbocycles. The first-order chi connectivity index (χ1) is 7.33. The summed E-state index contributed by atoms with van der Waals surface area (Å²) in [7, 11) is 0. The van der Waals surface area contributed by atoms with E-state index >= 15 is 0 Å². The molecule has 0 unspecified atom stereocenters. The number of hydrogen-bond acceptors (Lipinski definition) is 6. The Labute approximate surface area is 102 Å². The second kappa shape index (κ2) is 9.76. The smallest absolute Gasteiger partial charge is 0.357 e. The molecule has 0 spiro atoms. The lowest BCUT2D eigenvalue weighted by molar-refractivity contribution is -0.144. The summed E-state index contributed by atoms with van der Waals surface area (Å²) in [6.07, 6.45) is 0. The number of carboxylic acids is 2. The third-order valence-corrected chi connectivity index (χ3v) is 3.50. The fraction of sp³-hybridized carbons (Fsp3) is 0.750. The zero-order valence-electron chi connectivity index (χ0n) is 9.04. The number of hydrogen-bond donors (Lipinski definition) is 4. The lowest BCUT2D eigenvalue weighted by atomic mass is 10.7. The molecule has 0 aliphatic heterocycles. The van der Waals surface area contributed by atoms with Crippen molar-refractivity contribution in [1.29, 1.82) is 0 Å². The molecular formula is C8H16O6S2. The molecule has 16 heavy (non-hydrogen) atoms. The first-order valence-electron chi connectivity index (χ1n) is 4.40. The van der Waals surface area contributed by atoms with E-state index in [1.165, 1.54) is 0 Å². The SMILES string of the molecule is CCSC(O)(SCC)C(=O)O.O=C(O)CO. The van der Waals surface area contributed by atoms with Gasteiger partial charge in [-0.15, -0.1) is 23.5 Å². The molecule has 0 rings (SSSR count). The van der Waals surface area contributed by atoms with Crippen LogP contribution in [0.15, 0.2) is 0 Å². The predicted molar refractivity (Wildman–Crippen MR) is 63.6 cm³/mol. The van der Waals surface area contributed by atoms with Crippen molar-refractivity contribution in [2.75, 3.05) is 18.1 Å². The highest BCUT2D eigenvalue weighted by atomic mass is 32.2. The molecule has 0 bridgehead atoms. The Kier molecular flexibility index (Phi) is 10.9. The first-order valence-corrected chi connectivity index (χ1v) is 6.37. The molecule has 0 aromatic carbocycles.